The highest BCUT2D eigenvalue weighted by Gasteiger charge is 2.14. The molecule has 2 N–H and O–H groups in total. The summed E-state index contributed by atoms with van der Waals surface area (Å²) in [5, 5.41) is 11.1. The van der Waals surface area contributed by atoms with E-state index in [2.05, 4.69) is 5.32 Å². The Morgan fingerprint density at radius 3 is 2.67 bits per heavy atom. The van der Waals surface area contributed by atoms with Crippen molar-refractivity contribution in [3.63, 3.8) is 0 Å². The molecule has 0 atom stereocenters. The van der Waals surface area contributed by atoms with Gasteiger partial charge in [-0.1, -0.05) is 13.0 Å². The number of hydrogen-bond donors (Lipinski definition) is 2. The van der Waals surface area contributed by atoms with Crippen molar-refractivity contribution in [3.8, 4) is 0 Å². The molecule has 0 aromatic heterocycles. The van der Waals surface area contributed by atoms with E-state index in [1.54, 1.807) is 17.0 Å². The second kappa shape index (κ2) is 8.04. The lowest BCUT2D eigenvalue weighted by Gasteiger charge is -2.24. The molecular weight excluding hydrogens is 275 g/mol. The summed E-state index contributed by atoms with van der Waals surface area (Å²) in [6.45, 7) is 2.57. The maximum atomic E-state index is 14.1. The first kappa shape index (κ1) is 16.7. The van der Waals surface area contributed by atoms with Gasteiger partial charge in [0.15, 0.2) is 0 Å². The van der Waals surface area contributed by atoms with Crippen LogP contribution in [0.3, 0.4) is 0 Å². The molecule has 0 heterocycles. The molecule has 0 bridgehead atoms. The number of hydrogen-bond acceptors (Lipinski definition) is 3. The summed E-state index contributed by atoms with van der Waals surface area (Å²) in [6.07, 6.45) is 3.04. The molecule has 1 amide bonds. The Morgan fingerprint density at radius 2 is 2.14 bits per heavy atom. The topological polar surface area (TPSA) is 69.6 Å². The van der Waals surface area contributed by atoms with Gasteiger partial charge in [-0.25, -0.2) is 9.18 Å². The quantitative estimate of drug-likeness (QED) is 0.753. The normalized spacial score (nSPS) is 10.6. The van der Waals surface area contributed by atoms with Crippen LogP contribution in [0.2, 0.25) is 0 Å². The number of carboxylic acid groups (broad SMARTS) is 1. The summed E-state index contributed by atoms with van der Waals surface area (Å²) in [5.74, 6) is -1.77. The maximum absolute atomic E-state index is 14.1. The Balaban J connectivity index is 2.98. The van der Waals surface area contributed by atoms with E-state index in [4.69, 9.17) is 5.11 Å². The van der Waals surface area contributed by atoms with Gasteiger partial charge < -0.3 is 15.3 Å². The van der Waals surface area contributed by atoms with Gasteiger partial charge in [-0.3, -0.25) is 4.79 Å². The third kappa shape index (κ3) is 5.25. The van der Waals surface area contributed by atoms with Gasteiger partial charge in [0.1, 0.15) is 5.82 Å². The Kier molecular flexibility index (Phi) is 6.39. The van der Waals surface area contributed by atoms with Gasteiger partial charge in [-0.15, -0.1) is 0 Å². The molecule has 1 rings (SSSR count). The largest absolute Gasteiger partial charge is 0.478 e. The smallest absolute Gasteiger partial charge is 0.328 e. The molecule has 6 heteroatoms. The van der Waals surface area contributed by atoms with E-state index in [1.807, 2.05) is 6.92 Å². The predicted octanol–water partition coefficient (Wildman–Crippen LogP) is 1.89. The van der Waals surface area contributed by atoms with E-state index in [-0.39, 0.29) is 12.5 Å². The number of nitrogens with one attached hydrogen (secondary N) is 1. The van der Waals surface area contributed by atoms with Crippen LogP contribution >= 0.6 is 0 Å². The molecule has 0 aliphatic rings. The van der Waals surface area contributed by atoms with Gasteiger partial charge in [0.2, 0.25) is 5.91 Å². The third-order valence-electron chi connectivity index (χ3n) is 2.84. The van der Waals surface area contributed by atoms with Crippen LogP contribution in [0.5, 0.6) is 0 Å². The first-order valence-corrected chi connectivity index (χ1v) is 6.64. The fourth-order valence-electron chi connectivity index (χ4n) is 1.86. The molecule has 1 aromatic carbocycles. The number of likely N-dealkylation sites (N-methyl/N-ethyl adjacent to an activating group) is 1. The molecule has 0 radical (unpaired) electrons. The van der Waals surface area contributed by atoms with E-state index >= 15 is 0 Å². The van der Waals surface area contributed by atoms with Gasteiger partial charge in [0, 0.05) is 19.7 Å². The van der Waals surface area contributed by atoms with Gasteiger partial charge in [-0.2, -0.15) is 0 Å². The zero-order valence-electron chi connectivity index (χ0n) is 12.1. The van der Waals surface area contributed by atoms with Crippen LogP contribution < -0.4 is 10.2 Å². The number of amides is 1. The number of rotatable bonds is 7. The molecule has 0 spiro atoms. The van der Waals surface area contributed by atoms with E-state index in [9.17, 15) is 14.0 Å². The van der Waals surface area contributed by atoms with Crippen LogP contribution in [0.1, 0.15) is 18.9 Å². The number of nitrogens with zero attached hydrogens (tertiary/aromatic N) is 1. The number of halogens is 1. The number of aliphatic carboxylic acids is 1. The standard InChI is InChI=1S/C15H19FN2O3/c1-3-8-18(10-14(19)17-2)13-6-4-11(9-12(13)16)5-7-15(20)21/h4-7,9H,3,8,10H2,1-2H3,(H,17,19)(H,20,21). The fraction of sp³-hybridized carbons (Fsp3) is 0.333. The first-order valence-electron chi connectivity index (χ1n) is 6.64. The van der Waals surface area contributed by atoms with Crippen LogP contribution in [0.4, 0.5) is 10.1 Å². The molecule has 0 fully saturated rings. The van der Waals surface area contributed by atoms with E-state index < -0.39 is 11.8 Å². The van der Waals surface area contributed by atoms with Crippen LogP contribution in [0.25, 0.3) is 6.08 Å². The number of benzene rings is 1. The second-order valence-corrected chi connectivity index (χ2v) is 4.48. The van der Waals surface area contributed by atoms with Gasteiger partial charge in [0.25, 0.3) is 0 Å². The minimum atomic E-state index is -1.09. The number of carboxylic acids is 1. The molecule has 1 aromatic rings. The molecule has 0 unspecified atom stereocenters. The Bertz CT molecular complexity index is 544. The zero-order valence-corrected chi connectivity index (χ0v) is 12.1. The maximum Gasteiger partial charge on any atom is 0.328 e. The summed E-state index contributed by atoms with van der Waals surface area (Å²) in [7, 11) is 1.53. The molecule has 0 saturated heterocycles. The average molecular weight is 294 g/mol. The van der Waals surface area contributed by atoms with Crippen molar-refractivity contribution in [2.24, 2.45) is 0 Å². The molecule has 0 saturated carbocycles. The Morgan fingerprint density at radius 1 is 1.43 bits per heavy atom. The van der Waals surface area contributed by atoms with Crippen molar-refractivity contribution < 1.29 is 19.1 Å². The van der Waals surface area contributed by atoms with Crippen molar-refractivity contribution in [3.05, 3.63) is 35.7 Å². The van der Waals surface area contributed by atoms with Crippen LogP contribution in [0.15, 0.2) is 24.3 Å². The van der Waals surface area contributed by atoms with Gasteiger partial charge in [-0.05, 0) is 30.2 Å². The lowest BCUT2D eigenvalue weighted by atomic mass is 10.1. The van der Waals surface area contributed by atoms with Crippen molar-refractivity contribution in [2.75, 3.05) is 25.0 Å². The van der Waals surface area contributed by atoms with E-state index in [0.29, 0.717) is 17.8 Å². The lowest BCUT2D eigenvalue weighted by Crippen LogP contribution is -2.36. The summed E-state index contributed by atoms with van der Waals surface area (Å²) in [5.41, 5.74) is 0.781. The summed E-state index contributed by atoms with van der Waals surface area (Å²) >= 11 is 0. The van der Waals surface area contributed by atoms with E-state index in [1.165, 1.54) is 19.2 Å². The minimum Gasteiger partial charge on any atom is -0.478 e. The minimum absolute atomic E-state index is 0.0750. The number of carbonyl (C=O) groups excluding carboxylic acids is 1. The molecule has 114 valence electrons. The number of carbonyl (C=O) groups is 2. The zero-order chi connectivity index (χ0) is 15.8. The second-order valence-electron chi connectivity index (χ2n) is 4.48. The van der Waals surface area contributed by atoms with Crippen molar-refractivity contribution in [1.82, 2.24) is 5.32 Å². The highest BCUT2D eigenvalue weighted by Crippen LogP contribution is 2.21. The van der Waals surface area contributed by atoms with Crippen LogP contribution in [-0.4, -0.2) is 37.1 Å². The highest BCUT2D eigenvalue weighted by molar-refractivity contribution is 5.85. The Labute approximate surface area is 123 Å². The van der Waals surface area contributed by atoms with Gasteiger partial charge >= 0.3 is 5.97 Å². The average Bonchev–Trinajstić information content (AvgIpc) is 2.44. The number of anilines is 1. The SMILES string of the molecule is CCCN(CC(=O)NC)c1ccc(C=CC(=O)O)cc1F. The monoisotopic (exact) mass is 294 g/mol. The molecule has 0 aliphatic heterocycles. The Hall–Kier alpha value is -2.37. The summed E-state index contributed by atoms with van der Waals surface area (Å²) in [6, 6.07) is 4.42. The highest BCUT2D eigenvalue weighted by atomic mass is 19.1. The lowest BCUT2D eigenvalue weighted by molar-refractivity contribution is -0.131. The van der Waals surface area contributed by atoms with Crippen molar-refractivity contribution in [1.29, 1.82) is 0 Å². The molecular formula is C15H19FN2O3. The van der Waals surface area contributed by atoms with Crippen molar-refractivity contribution >= 4 is 23.6 Å². The summed E-state index contributed by atoms with van der Waals surface area (Å²) in [4.78, 5) is 23.6. The molecule has 0 aliphatic carbocycles. The van der Waals surface area contributed by atoms with Crippen LogP contribution in [0, 0.1) is 5.82 Å². The third-order valence-corrected chi connectivity index (χ3v) is 2.84. The van der Waals surface area contributed by atoms with Gasteiger partial charge in [0.05, 0.1) is 12.2 Å². The van der Waals surface area contributed by atoms with E-state index in [0.717, 1.165) is 12.5 Å². The summed E-state index contributed by atoms with van der Waals surface area (Å²) < 4.78 is 14.1. The predicted molar refractivity (Wildman–Crippen MR) is 79.6 cm³/mol. The van der Waals surface area contributed by atoms with Crippen molar-refractivity contribution in [2.45, 2.75) is 13.3 Å². The molecule has 21 heavy (non-hydrogen) atoms. The van der Waals surface area contributed by atoms with Crippen LogP contribution in [-0.2, 0) is 9.59 Å². The first-order chi connectivity index (χ1) is 9.97. The molecule has 5 nitrogen and oxygen atoms in total. The fourth-order valence-corrected chi connectivity index (χ4v) is 1.86.